The topological polar surface area (TPSA) is 80.9 Å². The molecular formula is C29H23ClN6. The van der Waals surface area contributed by atoms with Crippen LogP contribution in [0.3, 0.4) is 0 Å². The van der Waals surface area contributed by atoms with Crippen LogP contribution in [0.5, 0.6) is 0 Å². The van der Waals surface area contributed by atoms with Crippen molar-refractivity contribution < 1.29 is 0 Å². The summed E-state index contributed by atoms with van der Waals surface area (Å²) in [6, 6.07) is 27.9. The molecule has 3 aromatic carbocycles. The number of rotatable bonds is 4. The van der Waals surface area contributed by atoms with Crippen molar-refractivity contribution in [2.75, 3.05) is 5.73 Å². The minimum Gasteiger partial charge on any atom is -0.380 e. The van der Waals surface area contributed by atoms with Crippen LogP contribution < -0.4 is 5.73 Å². The Hall–Kier alpha value is -4.29. The normalized spacial score (nSPS) is 14.5. The van der Waals surface area contributed by atoms with Crippen molar-refractivity contribution in [1.29, 1.82) is 0 Å². The smallest absolute Gasteiger partial charge is 0.186 e. The molecular weight excluding hydrogens is 468 g/mol. The Morgan fingerprint density at radius 3 is 2.36 bits per heavy atom. The summed E-state index contributed by atoms with van der Waals surface area (Å²) < 4.78 is 1.82. The predicted octanol–water partition coefficient (Wildman–Crippen LogP) is 7.92. The van der Waals surface area contributed by atoms with E-state index < -0.39 is 0 Å². The Kier molecular flexibility index (Phi) is 5.79. The molecule has 6 nitrogen and oxygen atoms in total. The summed E-state index contributed by atoms with van der Waals surface area (Å²) in [6.07, 6.45) is 5.11. The van der Waals surface area contributed by atoms with Crippen LogP contribution in [0.4, 0.5) is 17.2 Å². The van der Waals surface area contributed by atoms with Crippen LogP contribution in [0.2, 0.25) is 5.02 Å². The fourth-order valence-corrected chi connectivity index (χ4v) is 4.85. The molecule has 1 aliphatic carbocycles. The molecule has 0 fully saturated rings. The zero-order valence-corrected chi connectivity index (χ0v) is 20.2. The van der Waals surface area contributed by atoms with Crippen LogP contribution in [-0.4, -0.2) is 14.6 Å². The van der Waals surface area contributed by atoms with E-state index in [9.17, 15) is 0 Å². The van der Waals surface area contributed by atoms with E-state index in [1.807, 2.05) is 53.0 Å². The summed E-state index contributed by atoms with van der Waals surface area (Å²) in [5, 5.41) is 14.0. The molecule has 2 N–H and O–H groups in total. The Labute approximate surface area is 213 Å². The summed E-state index contributed by atoms with van der Waals surface area (Å²) in [5.41, 5.74) is 14.5. The van der Waals surface area contributed by atoms with Crippen molar-refractivity contribution in [3.05, 3.63) is 107 Å². The molecule has 2 aromatic heterocycles. The lowest BCUT2D eigenvalue weighted by Crippen LogP contribution is -2.11. The largest absolute Gasteiger partial charge is 0.380 e. The van der Waals surface area contributed by atoms with Gasteiger partial charge in [0.25, 0.3) is 0 Å². The van der Waals surface area contributed by atoms with Gasteiger partial charge in [-0.05, 0) is 48.6 Å². The van der Waals surface area contributed by atoms with Gasteiger partial charge in [-0.25, -0.2) is 9.50 Å². The summed E-state index contributed by atoms with van der Waals surface area (Å²) >= 11 is 6.29. The van der Waals surface area contributed by atoms with Gasteiger partial charge in [-0.1, -0.05) is 84.4 Å². The average Bonchev–Trinajstić information content (AvgIpc) is 3.22. The van der Waals surface area contributed by atoms with Gasteiger partial charge in [0.1, 0.15) is 5.69 Å². The maximum Gasteiger partial charge on any atom is 0.186 e. The molecule has 0 bridgehead atoms. The van der Waals surface area contributed by atoms with Gasteiger partial charge in [-0.15, -0.1) is 15.3 Å². The van der Waals surface area contributed by atoms with Gasteiger partial charge in [0.05, 0.1) is 16.4 Å². The summed E-state index contributed by atoms with van der Waals surface area (Å²) in [7, 11) is 0. The van der Waals surface area contributed by atoms with Crippen molar-refractivity contribution in [2.24, 2.45) is 10.2 Å². The van der Waals surface area contributed by atoms with Crippen LogP contribution in [0, 0.1) is 0 Å². The molecule has 0 aliphatic heterocycles. The molecule has 6 rings (SSSR count). The van der Waals surface area contributed by atoms with E-state index in [0.29, 0.717) is 22.0 Å². The van der Waals surface area contributed by atoms with E-state index in [1.165, 1.54) is 11.1 Å². The number of halogens is 1. The third-order valence-corrected chi connectivity index (χ3v) is 6.66. The van der Waals surface area contributed by atoms with Gasteiger partial charge in [0.15, 0.2) is 17.2 Å². The van der Waals surface area contributed by atoms with E-state index in [1.54, 1.807) is 12.1 Å². The van der Waals surface area contributed by atoms with E-state index in [0.717, 1.165) is 41.8 Å². The molecule has 0 spiro atoms. The number of aromatic nitrogens is 3. The van der Waals surface area contributed by atoms with Crippen LogP contribution in [-0.2, 0) is 6.42 Å². The van der Waals surface area contributed by atoms with E-state index in [-0.39, 0.29) is 5.82 Å². The molecule has 5 aromatic rings. The molecule has 36 heavy (non-hydrogen) atoms. The van der Waals surface area contributed by atoms with Gasteiger partial charge in [0, 0.05) is 11.1 Å². The van der Waals surface area contributed by atoms with Crippen molar-refractivity contribution in [1.82, 2.24) is 14.6 Å². The first-order valence-electron chi connectivity index (χ1n) is 11.9. The highest BCUT2D eigenvalue weighted by atomic mass is 35.5. The van der Waals surface area contributed by atoms with E-state index in [4.69, 9.17) is 22.3 Å². The number of anilines is 1. The maximum atomic E-state index is 6.39. The SMILES string of the molecule is Nc1nn2c(-c3ccccc3)c3c(nc2c1N=Nc1ccccc1Cl)/C(=C\c1ccccc1)CCC3. The van der Waals surface area contributed by atoms with Crippen molar-refractivity contribution >= 4 is 46.1 Å². The first-order chi connectivity index (χ1) is 17.7. The second kappa shape index (κ2) is 9.40. The summed E-state index contributed by atoms with van der Waals surface area (Å²) in [4.78, 5) is 5.10. The van der Waals surface area contributed by atoms with Crippen molar-refractivity contribution in [3.8, 4) is 11.3 Å². The highest BCUT2D eigenvalue weighted by molar-refractivity contribution is 6.32. The summed E-state index contributed by atoms with van der Waals surface area (Å²) in [5.74, 6) is 0.270. The molecule has 1 aliphatic rings. The van der Waals surface area contributed by atoms with Crippen LogP contribution >= 0.6 is 11.6 Å². The van der Waals surface area contributed by atoms with E-state index in [2.05, 4.69) is 45.7 Å². The summed E-state index contributed by atoms with van der Waals surface area (Å²) in [6.45, 7) is 0. The lowest BCUT2D eigenvalue weighted by Gasteiger charge is -2.22. The zero-order valence-electron chi connectivity index (χ0n) is 19.5. The number of nitrogens with zero attached hydrogens (tertiary/aromatic N) is 5. The number of fused-ring (bicyclic) bond motifs is 2. The van der Waals surface area contributed by atoms with Gasteiger partial charge in [0.2, 0.25) is 0 Å². The van der Waals surface area contributed by atoms with Crippen LogP contribution in [0.15, 0.2) is 95.2 Å². The van der Waals surface area contributed by atoms with Crippen LogP contribution in [0.25, 0.3) is 28.6 Å². The molecule has 0 atom stereocenters. The molecule has 176 valence electrons. The Bertz CT molecular complexity index is 1620. The number of hydrogen-bond donors (Lipinski definition) is 1. The quantitative estimate of drug-likeness (QED) is 0.260. The average molecular weight is 491 g/mol. The third kappa shape index (κ3) is 4.06. The number of azo groups is 1. The lowest BCUT2D eigenvalue weighted by atomic mass is 9.87. The van der Waals surface area contributed by atoms with Gasteiger partial charge < -0.3 is 5.73 Å². The minimum atomic E-state index is 0.270. The molecule has 7 heteroatoms. The predicted molar refractivity (Wildman–Crippen MR) is 146 cm³/mol. The monoisotopic (exact) mass is 490 g/mol. The van der Waals surface area contributed by atoms with Gasteiger partial charge >= 0.3 is 0 Å². The first-order valence-corrected chi connectivity index (χ1v) is 12.3. The lowest BCUT2D eigenvalue weighted by molar-refractivity contribution is 0.793. The fourth-order valence-electron chi connectivity index (χ4n) is 4.68. The number of hydrogen-bond acceptors (Lipinski definition) is 5. The number of nitrogens with two attached hydrogens (primary N) is 1. The number of benzene rings is 3. The molecule has 0 radical (unpaired) electrons. The molecule has 2 heterocycles. The molecule has 0 saturated carbocycles. The maximum absolute atomic E-state index is 6.39. The highest BCUT2D eigenvalue weighted by Crippen LogP contribution is 2.40. The second-order valence-corrected chi connectivity index (χ2v) is 9.12. The minimum absolute atomic E-state index is 0.270. The van der Waals surface area contributed by atoms with Gasteiger partial charge in [-0.2, -0.15) is 0 Å². The second-order valence-electron chi connectivity index (χ2n) is 8.71. The molecule has 0 amide bonds. The fraction of sp³-hybridized carbons (Fsp3) is 0.103. The number of nitrogen functional groups attached to an aromatic ring is 1. The third-order valence-electron chi connectivity index (χ3n) is 6.34. The van der Waals surface area contributed by atoms with Crippen LogP contribution in [0.1, 0.15) is 29.7 Å². The van der Waals surface area contributed by atoms with Gasteiger partial charge in [-0.3, -0.25) is 0 Å². The number of allylic oxidation sites excluding steroid dienone is 1. The van der Waals surface area contributed by atoms with Crippen molar-refractivity contribution in [3.63, 3.8) is 0 Å². The Morgan fingerprint density at radius 2 is 1.58 bits per heavy atom. The Morgan fingerprint density at radius 1 is 0.861 bits per heavy atom. The zero-order chi connectivity index (χ0) is 24.5. The first kappa shape index (κ1) is 22.2. The standard InChI is InChI=1S/C29H23ClN6/c30-23-16-7-8-17-24(23)33-34-26-28(31)35-36-27(20-12-5-2-6-13-20)22-15-9-14-21(25(22)32-29(26)36)18-19-10-3-1-4-11-19/h1-8,10-13,16-18H,9,14-15H2,(H2,31,35)/b21-18-,34-33?. The molecule has 0 saturated heterocycles. The van der Waals surface area contributed by atoms with Crippen molar-refractivity contribution in [2.45, 2.75) is 19.3 Å². The molecule has 0 unspecified atom stereocenters. The van der Waals surface area contributed by atoms with E-state index >= 15 is 0 Å². The highest BCUT2D eigenvalue weighted by Gasteiger charge is 2.26. The Balaban J connectivity index is 1.60.